The predicted molar refractivity (Wildman–Crippen MR) is 77.6 cm³/mol. The first-order valence-electron chi connectivity index (χ1n) is 6.04. The standard InChI is InChI=1S/C13H17Br2NO/c1-2-5-16-10-7-11(8-10)17-13-4-3-9(14)6-12(13)15/h3-4,6,10-11,16H,2,5,7-8H2,1H3. The maximum atomic E-state index is 5.94. The Morgan fingerprint density at radius 1 is 1.35 bits per heavy atom. The molecule has 0 spiro atoms. The largest absolute Gasteiger partial charge is 0.489 e. The molecular weight excluding hydrogens is 346 g/mol. The van der Waals surface area contributed by atoms with Gasteiger partial charge < -0.3 is 10.1 Å². The summed E-state index contributed by atoms with van der Waals surface area (Å²) in [5.41, 5.74) is 0. The first-order chi connectivity index (χ1) is 8.19. The van der Waals surface area contributed by atoms with Crippen LogP contribution in [-0.2, 0) is 0 Å². The molecule has 0 amide bonds. The number of halogens is 2. The minimum atomic E-state index is 0.363. The molecule has 94 valence electrons. The quantitative estimate of drug-likeness (QED) is 0.850. The van der Waals surface area contributed by atoms with E-state index in [1.54, 1.807) is 0 Å². The topological polar surface area (TPSA) is 21.3 Å². The Morgan fingerprint density at radius 2 is 2.12 bits per heavy atom. The summed E-state index contributed by atoms with van der Waals surface area (Å²) >= 11 is 6.95. The molecule has 1 saturated carbocycles. The molecule has 1 aliphatic rings. The van der Waals surface area contributed by atoms with E-state index in [1.807, 2.05) is 18.2 Å². The van der Waals surface area contributed by atoms with Crippen LogP contribution >= 0.6 is 31.9 Å². The maximum Gasteiger partial charge on any atom is 0.133 e. The van der Waals surface area contributed by atoms with E-state index in [9.17, 15) is 0 Å². The minimum Gasteiger partial charge on any atom is -0.489 e. The van der Waals surface area contributed by atoms with Crippen LogP contribution in [0.5, 0.6) is 5.75 Å². The molecular formula is C13H17Br2NO. The second kappa shape index (κ2) is 6.21. The van der Waals surface area contributed by atoms with Gasteiger partial charge in [-0.3, -0.25) is 0 Å². The van der Waals surface area contributed by atoms with Gasteiger partial charge in [0.05, 0.1) is 4.47 Å². The maximum absolute atomic E-state index is 5.94. The van der Waals surface area contributed by atoms with Crippen molar-refractivity contribution < 1.29 is 4.74 Å². The average Bonchev–Trinajstić information content (AvgIpc) is 2.24. The van der Waals surface area contributed by atoms with Crippen LogP contribution in [0.3, 0.4) is 0 Å². The molecule has 0 aromatic heterocycles. The molecule has 0 bridgehead atoms. The number of hydrogen-bond donors (Lipinski definition) is 1. The molecule has 0 saturated heterocycles. The molecule has 4 heteroatoms. The lowest BCUT2D eigenvalue weighted by atomic mass is 9.89. The summed E-state index contributed by atoms with van der Waals surface area (Å²) < 4.78 is 8.01. The van der Waals surface area contributed by atoms with Crippen molar-refractivity contribution in [3.63, 3.8) is 0 Å². The molecule has 1 aromatic rings. The van der Waals surface area contributed by atoms with Crippen molar-refractivity contribution in [3.05, 3.63) is 27.1 Å². The van der Waals surface area contributed by atoms with Crippen LogP contribution in [0.2, 0.25) is 0 Å². The van der Waals surface area contributed by atoms with Gasteiger partial charge in [-0.15, -0.1) is 0 Å². The van der Waals surface area contributed by atoms with Crippen LogP contribution in [0.15, 0.2) is 27.1 Å². The number of nitrogens with one attached hydrogen (secondary N) is 1. The summed E-state index contributed by atoms with van der Waals surface area (Å²) in [6, 6.07) is 6.67. The Kier molecular flexibility index (Phi) is 4.88. The van der Waals surface area contributed by atoms with Crippen LogP contribution < -0.4 is 10.1 Å². The van der Waals surface area contributed by atoms with Gasteiger partial charge in [0.15, 0.2) is 0 Å². The lowest BCUT2D eigenvalue weighted by molar-refractivity contribution is 0.0845. The van der Waals surface area contributed by atoms with Crippen molar-refractivity contribution in [2.45, 2.75) is 38.3 Å². The molecule has 2 rings (SSSR count). The molecule has 2 nitrogen and oxygen atoms in total. The van der Waals surface area contributed by atoms with Crippen LogP contribution in [0.1, 0.15) is 26.2 Å². The molecule has 0 unspecified atom stereocenters. The molecule has 1 aliphatic carbocycles. The highest BCUT2D eigenvalue weighted by Crippen LogP contribution is 2.32. The lowest BCUT2D eigenvalue weighted by Crippen LogP contribution is -2.47. The summed E-state index contributed by atoms with van der Waals surface area (Å²) in [6.45, 7) is 3.30. The Labute approximate surface area is 119 Å². The van der Waals surface area contributed by atoms with E-state index in [4.69, 9.17) is 4.74 Å². The monoisotopic (exact) mass is 361 g/mol. The van der Waals surface area contributed by atoms with Gasteiger partial charge in [-0.1, -0.05) is 22.9 Å². The highest BCUT2D eigenvalue weighted by Gasteiger charge is 2.30. The summed E-state index contributed by atoms with van der Waals surface area (Å²) in [5, 5.41) is 3.51. The summed E-state index contributed by atoms with van der Waals surface area (Å²) in [4.78, 5) is 0. The Balaban J connectivity index is 1.79. The zero-order chi connectivity index (χ0) is 12.3. The van der Waals surface area contributed by atoms with E-state index < -0.39 is 0 Å². The fourth-order valence-electron chi connectivity index (χ4n) is 1.93. The second-order valence-corrected chi connectivity index (χ2v) is 6.21. The smallest absolute Gasteiger partial charge is 0.133 e. The Hall–Kier alpha value is -0.0600. The van der Waals surface area contributed by atoms with E-state index in [-0.39, 0.29) is 0 Å². The van der Waals surface area contributed by atoms with Gasteiger partial charge in [0, 0.05) is 10.5 Å². The summed E-state index contributed by atoms with van der Waals surface area (Å²) in [7, 11) is 0. The molecule has 0 atom stereocenters. The van der Waals surface area contributed by atoms with E-state index in [0.717, 1.165) is 34.1 Å². The highest BCUT2D eigenvalue weighted by molar-refractivity contribution is 9.11. The molecule has 1 N–H and O–H groups in total. The minimum absolute atomic E-state index is 0.363. The van der Waals surface area contributed by atoms with Gasteiger partial charge >= 0.3 is 0 Å². The molecule has 0 aliphatic heterocycles. The van der Waals surface area contributed by atoms with Gasteiger partial charge in [0.25, 0.3) is 0 Å². The van der Waals surface area contributed by atoms with Crippen LogP contribution in [0.25, 0.3) is 0 Å². The van der Waals surface area contributed by atoms with Crippen molar-refractivity contribution in [3.8, 4) is 5.75 Å². The van der Waals surface area contributed by atoms with Crippen LogP contribution in [-0.4, -0.2) is 18.7 Å². The van der Waals surface area contributed by atoms with E-state index in [0.29, 0.717) is 12.1 Å². The van der Waals surface area contributed by atoms with Crippen molar-refractivity contribution in [2.24, 2.45) is 0 Å². The third kappa shape index (κ3) is 3.70. The Bertz CT molecular complexity index is 378. The molecule has 0 radical (unpaired) electrons. The normalized spacial score (nSPS) is 23.2. The zero-order valence-corrected chi connectivity index (χ0v) is 13.1. The van der Waals surface area contributed by atoms with Gasteiger partial charge in [-0.2, -0.15) is 0 Å². The van der Waals surface area contributed by atoms with Crippen molar-refractivity contribution >= 4 is 31.9 Å². The van der Waals surface area contributed by atoms with Crippen molar-refractivity contribution in [2.75, 3.05) is 6.54 Å². The molecule has 1 fully saturated rings. The molecule has 1 aromatic carbocycles. The second-order valence-electron chi connectivity index (χ2n) is 4.44. The van der Waals surface area contributed by atoms with Gasteiger partial charge in [-0.25, -0.2) is 0 Å². The van der Waals surface area contributed by atoms with Gasteiger partial charge in [0.2, 0.25) is 0 Å². The fourth-order valence-corrected chi connectivity index (χ4v) is 3.07. The number of rotatable bonds is 5. The number of ether oxygens (including phenoxy) is 1. The zero-order valence-electron chi connectivity index (χ0n) is 9.88. The third-order valence-electron chi connectivity index (χ3n) is 2.97. The first kappa shape index (κ1) is 13.4. The summed E-state index contributed by atoms with van der Waals surface area (Å²) in [5.74, 6) is 0.937. The van der Waals surface area contributed by atoms with Crippen molar-refractivity contribution in [1.29, 1.82) is 0 Å². The van der Waals surface area contributed by atoms with E-state index in [2.05, 4.69) is 44.1 Å². The van der Waals surface area contributed by atoms with Crippen LogP contribution in [0, 0.1) is 0 Å². The van der Waals surface area contributed by atoms with E-state index in [1.165, 1.54) is 6.42 Å². The number of hydrogen-bond acceptors (Lipinski definition) is 2. The first-order valence-corrected chi connectivity index (χ1v) is 7.62. The van der Waals surface area contributed by atoms with E-state index >= 15 is 0 Å². The van der Waals surface area contributed by atoms with Crippen LogP contribution in [0.4, 0.5) is 0 Å². The lowest BCUT2D eigenvalue weighted by Gasteiger charge is -2.36. The Morgan fingerprint density at radius 3 is 2.76 bits per heavy atom. The average molecular weight is 363 g/mol. The van der Waals surface area contributed by atoms with Gasteiger partial charge in [-0.05, 0) is 59.9 Å². The predicted octanol–water partition coefficient (Wildman–Crippen LogP) is 4.12. The summed E-state index contributed by atoms with van der Waals surface area (Å²) in [6.07, 6.45) is 3.78. The number of benzene rings is 1. The SMILES string of the molecule is CCCNC1CC(Oc2ccc(Br)cc2Br)C1. The fraction of sp³-hybridized carbons (Fsp3) is 0.538. The highest BCUT2D eigenvalue weighted by atomic mass is 79.9. The van der Waals surface area contributed by atoms with Crippen molar-refractivity contribution in [1.82, 2.24) is 5.32 Å². The third-order valence-corrected chi connectivity index (χ3v) is 4.08. The molecule has 0 heterocycles. The molecule has 17 heavy (non-hydrogen) atoms. The van der Waals surface area contributed by atoms with Gasteiger partial charge in [0.1, 0.15) is 11.9 Å².